The van der Waals surface area contributed by atoms with E-state index >= 15 is 0 Å². The third-order valence-electron chi connectivity index (χ3n) is 7.21. The highest BCUT2D eigenvalue weighted by Gasteiger charge is 2.18. The van der Waals surface area contributed by atoms with E-state index in [2.05, 4.69) is 22.9 Å². The van der Waals surface area contributed by atoms with Crippen molar-refractivity contribution in [3.63, 3.8) is 0 Å². The lowest BCUT2D eigenvalue weighted by atomic mass is 9.99. The Balaban J connectivity index is 1.59. The summed E-state index contributed by atoms with van der Waals surface area (Å²) in [6.45, 7) is 16.9. The third-order valence-corrected chi connectivity index (χ3v) is 7.54. The first-order valence-corrected chi connectivity index (χ1v) is 14.3. The van der Waals surface area contributed by atoms with Gasteiger partial charge in [0.15, 0.2) is 0 Å². The molecule has 0 unspecified atom stereocenters. The number of aromatic nitrogens is 1. The van der Waals surface area contributed by atoms with E-state index in [0.717, 1.165) is 55.9 Å². The van der Waals surface area contributed by atoms with Crippen molar-refractivity contribution in [1.29, 1.82) is 0 Å². The summed E-state index contributed by atoms with van der Waals surface area (Å²) in [6, 6.07) is 21.1. The molecule has 5 nitrogen and oxygen atoms in total. The molecule has 0 spiro atoms. The number of likely N-dealkylation sites (N-methyl/N-ethyl adjacent to an activating group) is 1. The normalized spacial score (nSPS) is 11.3. The number of hydrogen-bond donors (Lipinski definition) is 1. The summed E-state index contributed by atoms with van der Waals surface area (Å²) < 4.78 is 6.01. The molecule has 4 aromatic rings. The molecule has 0 aliphatic rings. The Morgan fingerprint density at radius 2 is 1.74 bits per heavy atom. The first-order valence-electron chi connectivity index (χ1n) is 13.9. The Morgan fingerprint density at radius 1 is 1.05 bits per heavy atom. The third kappa shape index (κ3) is 6.92. The first kappa shape index (κ1) is 30.6. The minimum Gasteiger partial charge on any atom is -0.465 e. The Labute approximate surface area is 254 Å². The van der Waals surface area contributed by atoms with Crippen LogP contribution in [0.15, 0.2) is 96.5 Å². The predicted octanol–water partition coefficient (Wildman–Crippen LogP) is 9.56. The van der Waals surface area contributed by atoms with Crippen molar-refractivity contribution in [2.45, 2.75) is 41.5 Å². The molecule has 0 aliphatic carbocycles. The van der Waals surface area contributed by atoms with Crippen molar-refractivity contribution in [3.8, 4) is 11.3 Å². The van der Waals surface area contributed by atoms with Crippen LogP contribution in [0.2, 0.25) is 5.02 Å². The number of aryl methyl sites for hydroxylation is 2. The molecule has 42 heavy (non-hydrogen) atoms. The van der Waals surface area contributed by atoms with Crippen molar-refractivity contribution in [2.24, 2.45) is 0 Å². The standard InChI is InChI=1S/C36H38ClN3O2/c1-9-25(6)42-34(22(2)3)21-40(8)26(7)27-14-16-28(17-15-27)38-36(41)31-20-33(29-12-10-11-13-32(29)37)39-35-24(5)18-23(4)19-30(31)35/h9-20H,7,21H2,1-6,8H3,(H,38,41)/b25-9-. The number of allylic oxidation sites excluding steroid dienone is 3. The van der Waals surface area contributed by atoms with Crippen LogP contribution >= 0.6 is 11.6 Å². The van der Waals surface area contributed by atoms with E-state index < -0.39 is 0 Å². The summed E-state index contributed by atoms with van der Waals surface area (Å²) in [4.78, 5) is 20.7. The maximum Gasteiger partial charge on any atom is 0.256 e. The lowest BCUT2D eigenvalue weighted by Crippen LogP contribution is -2.21. The molecule has 1 amide bonds. The number of carbonyl (C=O) groups excluding carboxylic acids is 1. The summed E-state index contributed by atoms with van der Waals surface area (Å²) in [6.07, 6.45) is 1.94. The van der Waals surface area contributed by atoms with Crippen LogP contribution in [0.5, 0.6) is 0 Å². The van der Waals surface area contributed by atoms with Crippen molar-refractivity contribution in [3.05, 3.63) is 124 Å². The van der Waals surface area contributed by atoms with Crippen molar-refractivity contribution in [2.75, 3.05) is 18.9 Å². The fourth-order valence-corrected chi connectivity index (χ4v) is 4.93. The molecule has 1 heterocycles. The Hall–Kier alpha value is -4.35. The van der Waals surface area contributed by atoms with Crippen LogP contribution in [0.25, 0.3) is 27.9 Å². The maximum absolute atomic E-state index is 13.7. The van der Waals surface area contributed by atoms with Crippen molar-refractivity contribution < 1.29 is 9.53 Å². The molecule has 3 aromatic carbocycles. The number of rotatable bonds is 9. The van der Waals surface area contributed by atoms with Gasteiger partial charge in [0.1, 0.15) is 5.76 Å². The molecule has 0 fully saturated rings. The molecule has 0 saturated carbocycles. The zero-order valence-corrected chi connectivity index (χ0v) is 26.2. The topological polar surface area (TPSA) is 54.5 Å². The van der Waals surface area contributed by atoms with Crippen LogP contribution < -0.4 is 5.32 Å². The fourth-order valence-electron chi connectivity index (χ4n) is 4.70. The lowest BCUT2D eigenvalue weighted by molar-refractivity contribution is 0.102. The number of halogens is 1. The molecule has 4 rings (SSSR count). The van der Waals surface area contributed by atoms with E-state index in [4.69, 9.17) is 21.3 Å². The molecular weight excluding hydrogens is 542 g/mol. The van der Waals surface area contributed by atoms with Gasteiger partial charge in [-0.15, -0.1) is 0 Å². The monoisotopic (exact) mass is 579 g/mol. The average molecular weight is 580 g/mol. The van der Waals surface area contributed by atoms with Crippen LogP contribution in [0.1, 0.15) is 54.7 Å². The smallest absolute Gasteiger partial charge is 0.256 e. The van der Waals surface area contributed by atoms with E-state index in [0.29, 0.717) is 28.5 Å². The van der Waals surface area contributed by atoms with Crippen LogP contribution in [0.4, 0.5) is 5.69 Å². The van der Waals surface area contributed by atoms with Crippen LogP contribution in [0, 0.1) is 13.8 Å². The highest BCUT2D eigenvalue weighted by atomic mass is 35.5. The second-order valence-electron chi connectivity index (χ2n) is 10.8. The Morgan fingerprint density at radius 3 is 2.38 bits per heavy atom. The summed E-state index contributed by atoms with van der Waals surface area (Å²) in [5.74, 6) is 1.54. The minimum atomic E-state index is -0.214. The molecule has 1 aromatic heterocycles. The van der Waals surface area contributed by atoms with Gasteiger partial charge in [-0.1, -0.05) is 60.1 Å². The van der Waals surface area contributed by atoms with Crippen LogP contribution in [0.3, 0.4) is 0 Å². The van der Waals surface area contributed by atoms with Gasteiger partial charge in [-0.05, 0) is 94.7 Å². The van der Waals surface area contributed by atoms with Crippen molar-refractivity contribution in [1.82, 2.24) is 9.88 Å². The van der Waals surface area contributed by atoms with Gasteiger partial charge in [0.25, 0.3) is 5.91 Å². The van der Waals surface area contributed by atoms with E-state index in [-0.39, 0.29) is 5.91 Å². The van der Waals surface area contributed by atoms with Gasteiger partial charge in [0.2, 0.25) is 0 Å². The van der Waals surface area contributed by atoms with E-state index in [1.165, 1.54) is 0 Å². The second kappa shape index (κ2) is 13.1. The number of carbonyl (C=O) groups is 1. The summed E-state index contributed by atoms with van der Waals surface area (Å²) in [5.41, 5.74) is 8.43. The van der Waals surface area contributed by atoms with Gasteiger partial charge >= 0.3 is 0 Å². The zero-order valence-electron chi connectivity index (χ0n) is 25.4. The van der Waals surface area contributed by atoms with Crippen LogP contribution in [-0.2, 0) is 4.74 Å². The number of nitrogens with zero attached hydrogens (tertiary/aromatic N) is 2. The number of benzene rings is 3. The number of fused-ring (bicyclic) bond motifs is 1. The summed E-state index contributed by atoms with van der Waals surface area (Å²) >= 11 is 6.51. The predicted molar refractivity (Wildman–Crippen MR) is 177 cm³/mol. The zero-order chi connectivity index (χ0) is 30.6. The van der Waals surface area contributed by atoms with Gasteiger partial charge in [-0.25, -0.2) is 4.98 Å². The molecule has 6 heteroatoms. The molecule has 0 saturated heterocycles. The van der Waals surface area contributed by atoms with E-state index in [1.54, 1.807) is 0 Å². The molecule has 0 aliphatic heterocycles. The molecule has 0 bridgehead atoms. The second-order valence-corrected chi connectivity index (χ2v) is 11.2. The quantitative estimate of drug-likeness (QED) is 0.201. The molecule has 216 valence electrons. The average Bonchev–Trinajstić information content (AvgIpc) is 2.96. The highest BCUT2D eigenvalue weighted by Crippen LogP contribution is 2.32. The fraction of sp³-hybridized carbons (Fsp3) is 0.222. The minimum absolute atomic E-state index is 0.214. The van der Waals surface area contributed by atoms with Gasteiger partial charge in [-0.2, -0.15) is 0 Å². The number of pyridine rings is 1. The lowest BCUT2D eigenvalue weighted by Gasteiger charge is -2.24. The SMILES string of the molecule is C=C(c1ccc(NC(=O)c2cc(-c3ccccc3Cl)nc3c(C)cc(C)cc23)cc1)N(C)CC(O/C(C)=C\C)=C(C)C. The van der Waals surface area contributed by atoms with Crippen LogP contribution in [-0.4, -0.2) is 29.4 Å². The number of ether oxygens (including phenoxy) is 1. The molecular formula is C36H38ClN3O2. The largest absolute Gasteiger partial charge is 0.465 e. The number of anilines is 1. The number of hydrogen-bond acceptors (Lipinski definition) is 4. The maximum atomic E-state index is 13.7. The Kier molecular flexibility index (Phi) is 9.54. The van der Waals surface area contributed by atoms with E-state index in [1.807, 2.05) is 115 Å². The molecule has 1 N–H and O–H groups in total. The number of nitrogens with one attached hydrogen (secondary N) is 1. The van der Waals surface area contributed by atoms with Crippen molar-refractivity contribution >= 4 is 39.8 Å². The highest BCUT2D eigenvalue weighted by molar-refractivity contribution is 6.33. The Bertz CT molecular complexity index is 1710. The molecule has 0 atom stereocenters. The number of amides is 1. The van der Waals surface area contributed by atoms with E-state index in [9.17, 15) is 4.79 Å². The van der Waals surface area contributed by atoms with Gasteiger partial charge in [-0.3, -0.25) is 4.79 Å². The first-order chi connectivity index (χ1) is 20.0. The summed E-state index contributed by atoms with van der Waals surface area (Å²) in [7, 11) is 1.99. The summed E-state index contributed by atoms with van der Waals surface area (Å²) in [5, 5.41) is 4.46. The van der Waals surface area contributed by atoms with Gasteiger partial charge < -0.3 is 15.0 Å². The molecule has 0 radical (unpaired) electrons. The van der Waals surface area contributed by atoms with Gasteiger partial charge in [0.05, 0.1) is 29.1 Å². The van der Waals surface area contributed by atoms with Gasteiger partial charge in [0, 0.05) is 34.4 Å².